The predicted octanol–water partition coefficient (Wildman–Crippen LogP) is 2.26. The third-order valence-electron chi connectivity index (χ3n) is 3.18. The van der Waals surface area contributed by atoms with Crippen molar-refractivity contribution < 1.29 is 9.72 Å². The molecule has 0 saturated carbocycles. The first kappa shape index (κ1) is 14.7. The van der Waals surface area contributed by atoms with E-state index in [0.717, 1.165) is 0 Å². The lowest BCUT2D eigenvalue weighted by molar-refractivity contribution is -0.384. The predicted molar refractivity (Wildman–Crippen MR) is 77.5 cm³/mol. The fourth-order valence-electron chi connectivity index (χ4n) is 2.06. The number of para-hydroxylation sites is 2. The molecule has 1 aromatic carbocycles. The van der Waals surface area contributed by atoms with Crippen molar-refractivity contribution in [1.29, 1.82) is 0 Å². The van der Waals surface area contributed by atoms with Crippen molar-refractivity contribution in [2.24, 2.45) is 0 Å². The summed E-state index contributed by atoms with van der Waals surface area (Å²) >= 11 is 0. The Labute approximate surface area is 121 Å². The molecule has 0 N–H and O–H groups in total. The lowest BCUT2D eigenvalue weighted by Gasteiger charge is -2.16. The quantitative estimate of drug-likeness (QED) is 0.624. The van der Waals surface area contributed by atoms with Gasteiger partial charge in [0, 0.05) is 25.4 Å². The summed E-state index contributed by atoms with van der Waals surface area (Å²) in [6, 6.07) is 7.85. The van der Waals surface area contributed by atoms with Crippen LogP contribution in [0.15, 0.2) is 36.5 Å². The van der Waals surface area contributed by atoms with Crippen LogP contribution < -0.4 is 0 Å². The highest BCUT2D eigenvalue weighted by molar-refractivity contribution is 5.92. The van der Waals surface area contributed by atoms with Crippen LogP contribution in [0, 0.1) is 10.1 Å². The number of carbonyl (C=O) groups is 1. The maximum Gasteiger partial charge on any atom is 0.294 e. The standard InChI is InChI=1S/C14H16N4O3/c1-3-16(4-2)14(19)11-9-10-17(15-11)12-7-5-6-8-13(12)18(20)21/h5-10H,3-4H2,1-2H3. The SMILES string of the molecule is CCN(CC)C(=O)c1ccn(-c2ccccc2[N+](=O)[O-])n1. The van der Waals surface area contributed by atoms with E-state index in [2.05, 4.69) is 5.10 Å². The van der Waals surface area contributed by atoms with Crippen LogP contribution in [0.1, 0.15) is 24.3 Å². The molecule has 0 bridgehead atoms. The summed E-state index contributed by atoms with van der Waals surface area (Å²) in [5.74, 6) is -0.183. The first-order chi connectivity index (χ1) is 10.1. The molecule has 1 aromatic heterocycles. The highest BCUT2D eigenvalue weighted by Crippen LogP contribution is 2.21. The number of hydrogen-bond donors (Lipinski definition) is 0. The van der Waals surface area contributed by atoms with Gasteiger partial charge >= 0.3 is 0 Å². The van der Waals surface area contributed by atoms with E-state index in [1.165, 1.54) is 10.7 Å². The molecular weight excluding hydrogens is 272 g/mol. The number of carbonyl (C=O) groups excluding carboxylic acids is 1. The highest BCUT2D eigenvalue weighted by atomic mass is 16.6. The van der Waals surface area contributed by atoms with E-state index in [1.807, 2.05) is 13.8 Å². The number of aromatic nitrogens is 2. The lowest BCUT2D eigenvalue weighted by atomic mass is 10.3. The van der Waals surface area contributed by atoms with Gasteiger partial charge in [-0.05, 0) is 26.0 Å². The van der Waals surface area contributed by atoms with E-state index in [-0.39, 0.29) is 17.3 Å². The van der Waals surface area contributed by atoms with E-state index >= 15 is 0 Å². The smallest absolute Gasteiger partial charge is 0.294 e. The van der Waals surface area contributed by atoms with Crippen molar-refractivity contribution >= 4 is 11.6 Å². The Morgan fingerprint density at radius 1 is 1.29 bits per heavy atom. The molecule has 110 valence electrons. The number of nitrogens with zero attached hydrogens (tertiary/aromatic N) is 4. The number of nitro groups is 1. The van der Waals surface area contributed by atoms with Gasteiger partial charge < -0.3 is 4.90 Å². The van der Waals surface area contributed by atoms with Crippen LogP contribution in [-0.2, 0) is 0 Å². The van der Waals surface area contributed by atoms with Crippen LogP contribution >= 0.6 is 0 Å². The zero-order valence-electron chi connectivity index (χ0n) is 11.9. The second-order valence-corrected chi connectivity index (χ2v) is 4.37. The molecule has 0 radical (unpaired) electrons. The molecule has 0 atom stereocenters. The summed E-state index contributed by atoms with van der Waals surface area (Å²) in [4.78, 5) is 24.4. The van der Waals surface area contributed by atoms with Gasteiger partial charge in [-0.2, -0.15) is 5.10 Å². The molecular formula is C14H16N4O3. The first-order valence-electron chi connectivity index (χ1n) is 6.67. The molecule has 0 aliphatic carbocycles. The van der Waals surface area contributed by atoms with Crippen molar-refractivity contribution in [3.05, 3.63) is 52.3 Å². The average Bonchev–Trinajstić information content (AvgIpc) is 2.98. The van der Waals surface area contributed by atoms with Crippen molar-refractivity contribution in [1.82, 2.24) is 14.7 Å². The Morgan fingerprint density at radius 3 is 2.57 bits per heavy atom. The minimum absolute atomic E-state index is 0.0533. The maximum atomic E-state index is 12.2. The van der Waals surface area contributed by atoms with Gasteiger partial charge in [-0.1, -0.05) is 12.1 Å². The molecule has 7 heteroatoms. The van der Waals surface area contributed by atoms with Gasteiger partial charge in [0.15, 0.2) is 5.69 Å². The Bertz CT molecular complexity index is 662. The molecule has 0 unspecified atom stereocenters. The normalized spacial score (nSPS) is 10.4. The second-order valence-electron chi connectivity index (χ2n) is 4.37. The maximum absolute atomic E-state index is 12.2. The van der Waals surface area contributed by atoms with Gasteiger partial charge in [0.1, 0.15) is 5.69 Å². The lowest BCUT2D eigenvalue weighted by Crippen LogP contribution is -2.30. The molecule has 0 fully saturated rings. The monoisotopic (exact) mass is 288 g/mol. The highest BCUT2D eigenvalue weighted by Gasteiger charge is 2.19. The first-order valence-corrected chi connectivity index (χ1v) is 6.67. The Kier molecular flexibility index (Phi) is 4.32. The third kappa shape index (κ3) is 2.91. The van der Waals surface area contributed by atoms with Crippen LogP contribution in [0.25, 0.3) is 5.69 Å². The van der Waals surface area contributed by atoms with Crippen LogP contribution in [0.5, 0.6) is 0 Å². The van der Waals surface area contributed by atoms with Crippen LogP contribution in [0.3, 0.4) is 0 Å². The fourth-order valence-corrected chi connectivity index (χ4v) is 2.06. The number of amides is 1. The number of benzene rings is 1. The minimum Gasteiger partial charge on any atom is -0.338 e. The third-order valence-corrected chi connectivity index (χ3v) is 3.18. The van der Waals surface area contributed by atoms with Crippen molar-refractivity contribution in [2.45, 2.75) is 13.8 Å². The van der Waals surface area contributed by atoms with E-state index in [9.17, 15) is 14.9 Å². The van der Waals surface area contributed by atoms with Crippen LogP contribution in [-0.4, -0.2) is 38.6 Å². The van der Waals surface area contributed by atoms with Gasteiger partial charge in [-0.25, -0.2) is 4.68 Å². The summed E-state index contributed by atoms with van der Waals surface area (Å²) in [5, 5.41) is 15.2. The molecule has 1 heterocycles. The van der Waals surface area contributed by atoms with Gasteiger partial charge in [0.05, 0.1) is 4.92 Å². The van der Waals surface area contributed by atoms with Gasteiger partial charge in [-0.15, -0.1) is 0 Å². The zero-order chi connectivity index (χ0) is 15.4. The summed E-state index contributed by atoms with van der Waals surface area (Å²) in [6.45, 7) is 4.96. The summed E-state index contributed by atoms with van der Waals surface area (Å²) in [7, 11) is 0. The van der Waals surface area contributed by atoms with E-state index in [0.29, 0.717) is 18.8 Å². The molecule has 2 aromatic rings. The molecule has 21 heavy (non-hydrogen) atoms. The van der Waals surface area contributed by atoms with Crippen molar-refractivity contribution in [3.63, 3.8) is 0 Å². The number of rotatable bonds is 5. The van der Waals surface area contributed by atoms with Crippen LogP contribution in [0.4, 0.5) is 5.69 Å². The molecule has 0 aliphatic rings. The van der Waals surface area contributed by atoms with E-state index in [4.69, 9.17) is 0 Å². The zero-order valence-corrected chi connectivity index (χ0v) is 11.9. The molecule has 2 rings (SSSR count). The Hall–Kier alpha value is -2.70. The molecule has 7 nitrogen and oxygen atoms in total. The summed E-state index contributed by atoms with van der Waals surface area (Å²) in [5.41, 5.74) is 0.556. The largest absolute Gasteiger partial charge is 0.338 e. The van der Waals surface area contributed by atoms with Gasteiger partial charge in [0.2, 0.25) is 0 Å². The van der Waals surface area contributed by atoms with Crippen molar-refractivity contribution in [2.75, 3.05) is 13.1 Å². The van der Waals surface area contributed by atoms with Crippen LogP contribution in [0.2, 0.25) is 0 Å². The molecule has 0 aliphatic heterocycles. The number of nitro benzene ring substituents is 1. The molecule has 0 spiro atoms. The fraction of sp³-hybridized carbons (Fsp3) is 0.286. The van der Waals surface area contributed by atoms with E-state index < -0.39 is 4.92 Å². The number of hydrogen-bond acceptors (Lipinski definition) is 4. The van der Waals surface area contributed by atoms with Gasteiger partial charge in [0.25, 0.3) is 11.6 Å². The van der Waals surface area contributed by atoms with E-state index in [1.54, 1.807) is 35.4 Å². The van der Waals surface area contributed by atoms with Gasteiger partial charge in [-0.3, -0.25) is 14.9 Å². The Morgan fingerprint density at radius 2 is 1.95 bits per heavy atom. The molecule has 1 amide bonds. The Balaban J connectivity index is 2.37. The van der Waals surface area contributed by atoms with Crippen molar-refractivity contribution in [3.8, 4) is 5.69 Å². The summed E-state index contributed by atoms with van der Waals surface area (Å²) in [6.07, 6.45) is 1.55. The second kappa shape index (κ2) is 6.17. The minimum atomic E-state index is -0.469. The molecule has 0 saturated heterocycles. The summed E-state index contributed by atoms with van der Waals surface area (Å²) < 4.78 is 1.36. The average molecular weight is 288 g/mol. The topological polar surface area (TPSA) is 81.3 Å².